The lowest BCUT2D eigenvalue weighted by Crippen LogP contribution is -2.24. The van der Waals surface area contributed by atoms with Gasteiger partial charge in [-0.15, -0.1) is 0 Å². The summed E-state index contributed by atoms with van der Waals surface area (Å²) in [6, 6.07) is 0. The molecule has 0 aliphatic heterocycles. The summed E-state index contributed by atoms with van der Waals surface area (Å²) in [4.78, 5) is 23.2. The Kier molecular flexibility index (Phi) is 10.8. The quantitative estimate of drug-likeness (QED) is 0.430. The highest BCUT2D eigenvalue weighted by Gasteiger charge is 2.16. The molecular weight excluding hydrogens is 288 g/mol. The zero-order valence-electron chi connectivity index (χ0n) is 14.6. The van der Waals surface area contributed by atoms with Crippen molar-refractivity contribution >= 4 is 11.9 Å². The summed E-state index contributed by atoms with van der Waals surface area (Å²) in [5, 5.41) is 0. The van der Waals surface area contributed by atoms with Gasteiger partial charge in [0.1, 0.15) is 0 Å². The van der Waals surface area contributed by atoms with Crippen LogP contribution in [0.2, 0.25) is 0 Å². The number of ether oxygens (including phenoxy) is 4. The molecule has 0 saturated heterocycles. The first-order chi connectivity index (χ1) is 10.3. The summed E-state index contributed by atoms with van der Waals surface area (Å²) < 4.78 is 21.0. The first-order valence-corrected chi connectivity index (χ1v) is 7.98. The second-order valence-corrected chi connectivity index (χ2v) is 5.32. The molecule has 0 radical (unpaired) electrons. The van der Waals surface area contributed by atoms with Gasteiger partial charge in [-0.3, -0.25) is 9.59 Å². The molecule has 0 fully saturated rings. The van der Waals surface area contributed by atoms with E-state index in [2.05, 4.69) is 0 Å². The largest absolute Gasteiger partial charge is 0.436 e. The molecule has 0 spiro atoms. The minimum absolute atomic E-state index is 0.0197. The number of hydrogen-bond donors (Lipinski definition) is 0. The molecule has 0 bridgehead atoms. The van der Waals surface area contributed by atoms with Gasteiger partial charge in [-0.05, 0) is 40.5 Å². The van der Waals surface area contributed by atoms with Crippen molar-refractivity contribution in [2.45, 2.75) is 92.0 Å². The molecule has 130 valence electrons. The van der Waals surface area contributed by atoms with Gasteiger partial charge >= 0.3 is 11.9 Å². The van der Waals surface area contributed by atoms with Crippen LogP contribution >= 0.6 is 0 Å². The zero-order chi connectivity index (χ0) is 17.1. The highest BCUT2D eigenvalue weighted by atomic mass is 16.7. The molecule has 0 aliphatic rings. The van der Waals surface area contributed by atoms with Gasteiger partial charge in [-0.1, -0.05) is 13.8 Å². The summed E-state index contributed by atoms with van der Waals surface area (Å²) in [5.41, 5.74) is 0. The van der Waals surface area contributed by atoms with Crippen molar-refractivity contribution in [3.05, 3.63) is 0 Å². The van der Waals surface area contributed by atoms with Gasteiger partial charge in [0.15, 0.2) is 12.6 Å². The van der Waals surface area contributed by atoms with Crippen LogP contribution in [-0.4, -0.2) is 36.7 Å². The van der Waals surface area contributed by atoms with Gasteiger partial charge in [0.2, 0.25) is 0 Å². The molecule has 0 aromatic carbocycles. The van der Waals surface area contributed by atoms with E-state index in [0.29, 0.717) is 0 Å². The van der Waals surface area contributed by atoms with Crippen molar-refractivity contribution in [1.82, 2.24) is 0 Å². The van der Waals surface area contributed by atoms with E-state index in [9.17, 15) is 9.59 Å². The van der Waals surface area contributed by atoms with E-state index in [1.54, 1.807) is 13.8 Å². The average molecular weight is 318 g/mol. The molecule has 0 aromatic rings. The van der Waals surface area contributed by atoms with Crippen molar-refractivity contribution in [3.63, 3.8) is 0 Å². The van der Waals surface area contributed by atoms with Crippen LogP contribution in [0.3, 0.4) is 0 Å². The highest BCUT2D eigenvalue weighted by molar-refractivity contribution is 5.77. The number of rotatable bonds is 11. The van der Waals surface area contributed by atoms with E-state index < -0.39 is 24.5 Å². The Labute approximate surface area is 133 Å². The maximum Gasteiger partial charge on any atom is 0.308 e. The summed E-state index contributed by atoms with van der Waals surface area (Å²) in [6.07, 6.45) is 0.395. The predicted molar refractivity (Wildman–Crippen MR) is 82.0 cm³/mol. The van der Waals surface area contributed by atoms with E-state index in [0.717, 1.165) is 12.8 Å². The van der Waals surface area contributed by atoms with Crippen molar-refractivity contribution < 1.29 is 28.5 Å². The summed E-state index contributed by atoms with van der Waals surface area (Å²) in [7, 11) is 0. The molecular formula is C16H30O6. The zero-order valence-corrected chi connectivity index (χ0v) is 14.6. The van der Waals surface area contributed by atoms with Crippen LogP contribution in [0.15, 0.2) is 0 Å². The fourth-order valence-electron chi connectivity index (χ4n) is 1.59. The van der Waals surface area contributed by atoms with Crippen molar-refractivity contribution in [3.8, 4) is 0 Å². The van der Waals surface area contributed by atoms with Crippen LogP contribution in [0, 0.1) is 0 Å². The number of carbonyl (C=O) groups is 2. The average Bonchev–Trinajstić information content (AvgIpc) is 2.44. The molecule has 0 saturated carbocycles. The first-order valence-electron chi connectivity index (χ1n) is 7.98. The van der Waals surface area contributed by atoms with Gasteiger partial charge in [0.05, 0.1) is 25.0 Å². The molecule has 22 heavy (non-hydrogen) atoms. The minimum Gasteiger partial charge on any atom is -0.436 e. The summed E-state index contributed by atoms with van der Waals surface area (Å²) >= 11 is 0. The van der Waals surface area contributed by atoms with Crippen LogP contribution in [-0.2, 0) is 28.5 Å². The molecule has 0 rings (SSSR count). The minimum atomic E-state index is -0.619. The fourth-order valence-corrected chi connectivity index (χ4v) is 1.59. The molecule has 4 unspecified atom stereocenters. The van der Waals surface area contributed by atoms with Gasteiger partial charge in [0, 0.05) is 0 Å². The number of carbonyl (C=O) groups excluding carboxylic acids is 2. The third-order valence-electron chi connectivity index (χ3n) is 3.13. The van der Waals surface area contributed by atoms with E-state index in [-0.39, 0.29) is 25.0 Å². The Morgan fingerprint density at radius 1 is 0.727 bits per heavy atom. The number of esters is 2. The van der Waals surface area contributed by atoms with Gasteiger partial charge < -0.3 is 18.9 Å². The Hall–Kier alpha value is -1.14. The van der Waals surface area contributed by atoms with Crippen LogP contribution in [0.1, 0.15) is 67.2 Å². The predicted octanol–water partition coefficient (Wildman–Crippen LogP) is 3.18. The van der Waals surface area contributed by atoms with Gasteiger partial charge in [-0.2, -0.15) is 0 Å². The van der Waals surface area contributed by atoms with Gasteiger partial charge in [0.25, 0.3) is 0 Å². The van der Waals surface area contributed by atoms with E-state index in [1.807, 2.05) is 27.7 Å². The Morgan fingerprint density at radius 2 is 1.05 bits per heavy atom. The van der Waals surface area contributed by atoms with Crippen LogP contribution in [0.25, 0.3) is 0 Å². The number of hydrogen-bond acceptors (Lipinski definition) is 6. The topological polar surface area (TPSA) is 71.1 Å². The van der Waals surface area contributed by atoms with E-state index >= 15 is 0 Å². The second kappa shape index (κ2) is 11.4. The molecule has 0 aromatic heterocycles. The molecule has 4 atom stereocenters. The van der Waals surface area contributed by atoms with Crippen LogP contribution in [0.5, 0.6) is 0 Å². The Bertz CT molecular complexity index is 299. The molecule has 6 heteroatoms. The van der Waals surface area contributed by atoms with E-state index in [1.165, 1.54) is 0 Å². The third kappa shape index (κ3) is 10.6. The molecule has 0 amide bonds. The molecule has 0 N–H and O–H groups in total. The lowest BCUT2D eigenvalue weighted by atomic mass is 10.3. The lowest BCUT2D eigenvalue weighted by Gasteiger charge is -2.19. The molecule has 0 aliphatic carbocycles. The first kappa shape index (κ1) is 20.9. The van der Waals surface area contributed by atoms with Crippen LogP contribution in [0.4, 0.5) is 0 Å². The fraction of sp³-hybridized carbons (Fsp3) is 0.875. The van der Waals surface area contributed by atoms with Crippen LogP contribution < -0.4 is 0 Å². The van der Waals surface area contributed by atoms with Crippen molar-refractivity contribution in [2.75, 3.05) is 0 Å². The molecule has 6 nitrogen and oxygen atoms in total. The van der Waals surface area contributed by atoms with E-state index in [4.69, 9.17) is 18.9 Å². The Balaban J connectivity index is 3.92. The maximum atomic E-state index is 11.6. The maximum absolute atomic E-state index is 11.6. The summed E-state index contributed by atoms with van der Waals surface area (Å²) in [6.45, 7) is 11.1. The van der Waals surface area contributed by atoms with Crippen molar-refractivity contribution in [1.29, 1.82) is 0 Å². The SMILES string of the molecule is CCC(C)OC(C)OC(=O)CCC(=O)OC(C)OC(C)CC. The van der Waals surface area contributed by atoms with Crippen molar-refractivity contribution in [2.24, 2.45) is 0 Å². The molecule has 0 heterocycles. The smallest absolute Gasteiger partial charge is 0.308 e. The Morgan fingerprint density at radius 3 is 1.32 bits per heavy atom. The standard InChI is InChI=1S/C16H30O6/c1-7-11(3)19-13(5)21-15(17)9-10-16(18)22-14(6)20-12(4)8-2/h11-14H,7-10H2,1-6H3. The lowest BCUT2D eigenvalue weighted by molar-refractivity contribution is -0.190. The second-order valence-electron chi connectivity index (χ2n) is 5.32. The summed E-state index contributed by atoms with van der Waals surface area (Å²) in [5.74, 6) is -0.966. The van der Waals surface area contributed by atoms with Gasteiger partial charge in [-0.25, -0.2) is 0 Å². The normalized spacial score (nSPS) is 16.5. The highest BCUT2D eigenvalue weighted by Crippen LogP contribution is 2.08. The third-order valence-corrected chi connectivity index (χ3v) is 3.13. The monoisotopic (exact) mass is 318 g/mol.